The summed E-state index contributed by atoms with van der Waals surface area (Å²) in [7, 11) is 3.49. The molecule has 2 aromatic heterocycles. The number of rotatable bonds is 12. The molecule has 36 heavy (non-hydrogen) atoms. The number of hydrazone groups is 1. The van der Waals surface area contributed by atoms with Gasteiger partial charge in [-0.25, -0.2) is 4.98 Å². The van der Waals surface area contributed by atoms with Gasteiger partial charge in [-0.1, -0.05) is 11.6 Å². The minimum Gasteiger partial charge on any atom is -0.467 e. The lowest BCUT2D eigenvalue weighted by molar-refractivity contribution is -0.385. The number of aromatic nitrogens is 2. The molecule has 0 bridgehead atoms. The second-order valence-corrected chi connectivity index (χ2v) is 7.98. The van der Waals surface area contributed by atoms with Crippen molar-refractivity contribution in [1.82, 2.24) is 15.0 Å². The molecule has 0 radical (unpaired) electrons. The molecule has 12 nitrogen and oxygen atoms in total. The highest BCUT2D eigenvalue weighted by Crippen LogP contribution is 2.38. The van der Waals surface area contributed by atoms with Crippen molar-refractivity contribution in [2.75, 3.05) is 32.1 Å². The highest BCUT2D eigenvalue weighted by Gasteiger charge is 2.30. The minimum atomic E-state index is -0.631. The average Bonchev–Trinajstić information content (AvgIpc) is 3.35. The fourth-order valence-electron chi connectivity index (χ4n) is 3.12. The zero-order chi connectivity index (χ0) is 26.1. The van der Waals surface area contributed by atoms with Gasteiger partial charge in [-0.3, -0.25) is 14.9 Å². The topological polar surface area (TPSA) is 136 Å². The second kappa shape index (κ2) is 12.5. The maximum atomic E-state index is 12.2. The molecule has 0 N–H and O–H groups in total. The first-order chi connectivity index (χ1) is 17.3. The Balaban J connectivity index is 2.01. The highest BCUT2D eigenvalue weighted by atomic mass is 35.5. The first-order valence-electron chi connectivity index (χ1n) is 10.9. The normalized spacial score (nSPS) is 10.9. The Morgan fingerprint density at radius 3 is 2.78 bits per heavy atom. The standard InChI is InChI=1S/C23H25ClN6O6/c1-4-34-20(31)9-10-29(14-18-6-5-11-35-18)22-21(30(32)33)23(26-15-25-22)36-19-8-7-17(24)12-16(19)13-27-28(2)3/h5-8,11-13,15H,4,9-10,14H2,1-3H3/b27-13+. The summed E-state index contributed by atoms with van der Waals surface area (Å²) in [5.74, 6) is 0.00710. The van der Waals surface area contributed by atoms with Crippen LogP contribution in [0.4, 0.5) is 11.5 Å². The number of esters is 1. The number of ether oxygens (including phenoxy) is 2. The number of hydrogen-bond donors (Lipinski definition) is 0. The maximum absolute atomic E-state index is 12.2. The van der Waals surface area contributed by atoms with Crippen LogP contribution in [0.5, 0.6) is 11.6 Å². The third kappa shape index (κ3) is 7.15. The molecule has 0 fully saturated rings. The van der Waals surface area contributed by atoms with E-state index in [4.69, 9.17) is 25.5 Å². The van der Waals surface area contributed by atoms with Crippen molar-refractivity contribution in [1.29, 1.82) is 0 Å². The van der Waals surface area contributed by atoms with Gasteiger partial charge in [0.25, 0.3) is 0 Å². The van der Waals surface area contributed by atoms with Crippen LogP contribution in [-0.4, -0.2) is 59.3 Å². The molecule has 3 rings (SSSR count). The van der Waals surface area contributed by atoms with E-state index in [0.29, 0.717) is 16.3 Å². The van der Waals surface area contributed by atoms with Gasteiger partial charge in [-0.15, -0.1) is 0 Å². The maximum Gasteiger partial charge on any atom is 0.373 e. The molecular formula is C23H25ClN6O6. The number of carbonyl (C=O) groups is 1. The average molecular weight is 517 g/mol. The van der Waals surface area contributed by atoms with Gasteiger partial charge in [0.2, 0.25) is 5.82 Å². The van der Waals surface area contributed by atoms with Gasteiger partial charge in [0, 0.05) is 31.2 Å². The quantitative estimate of drug-likeness (QED) is 0.148. The van der Waals surface area contributed by atoms with Crippen LogP contribution in [0.15, 0.2) is 52.4 Å². The molecule has 0 amide bonds. The molecule has 2 heterocycles. The fraction of sp³-hybridized carbons (Fsp3) is 0.304. The van der Waals surface area contributed by atoms with Gasteiger partial charge in [-0.05, 0) is 37.3 Å². The summed E-state index contributed by atoms with van der Waals surface area (Å²) in [6.07, 6.45) is 4.13. The summed E-state index contributed by atoms with van der Waals surface area (Å²) >= 11 is 6.12. The van der Waals surface area contributed by atoms with Crippen molar-refractivity contribution in [3.05, 3.63) is 69.4 Å². The molecule has 190 valence electrons. The first-order valence-corrected chi connectivity index (χ1v) is 11.3. The van der Waals surface area contributed by atoms with Gasteiger partial charge < -0.3 is 23.8 Å². The van der Waals surface area contributed by atoms with E-state index in [9.17, 15) is 14.9 Å². The number of hydrogen-bond acceptors (Lipinski definition) is 11. The van der Waals surface area contributed by atoms with Crippen LogP contribution in [0.25, 0.3) is 0 Å². The second-order valence-electron chi connectivity index (χ2n) is 7.54. The molecule has 1 aromatic carbocycles. The van der Waals surface area contributed by atoms with E-state index in [2.05, 4.69) is 15.1 Å². The van der Waals surface area contributed by atoms with Gasteiger partial charge >= 0.3 is 17.5 Å². The lowest BCUT2D eigenvalue weighted by atomic mass is 10.2. The van der Waals surface area contributed by atoms with Crippen molar-refractivity contribution >= 4 is 35.3 Å². The van der Waals surface area contributed by atoms with Crippen molar-refractivity contribution in [2.45, 2.75) is 19.9 Å². The summed E-state index contributed by atoms with van der Waals surface area (Å²) < 4.78 is 16.3. The lowest BCUT2D eigenvalue weighted by Gasteiger charge is -2.22. The Morgan fingerprint density at radius 1 is 1.31 bits per heavy atom. The third-order valence-corrected chi connectivity index (χ3v) is 4.91. The highest BCUT2D eigenvalue weighted by molar-refractivity contribution is 6.30. The largest absolute Gasteiger partial charge is 0.467 e. The number of carbonyl (C=O) groups excluding carboxylic acids is 1. The Labute approximate surface area is 212 Å². The molecule has 0 aliphatic carbocycles. The zero-order valence-corrected chi connectivity index (χ0v) is 20.7. The molecule has 3 aromatic rings. The van der Waals surface area contributed by atoms with Crippen LogP contribution < -0.4 is 9.64 Å². The molecule has 0 aliphatic heterocycles. The van der Waals surface area contributed by atoms with E-state index in [1.807, 2.05) is 0 Å². The van der Waals surface area contributed by atoms with E-state index in [0.717, 1.165) is 6.33 Å². The molecule has 0 atom stereocenters. The Morgan fingerprint density at radius 2 is 2.11 bits per heavy atom. The Hall–Kier alpha value is -4.19. The van der Waals surface area contributed by atoms with Crippen LogP contribution in [-0.2, 0) is 16.1 Å². The zero-order valence-electron chi connectivity index (χ0n) is 20.0. The van der Waals surface area contributed by atoms with E-state index in [1.54, 1.807) is 61.3 Å². The minimum absolute atomic E-state index is 0.0196. The molecule has 0 spiro atoms. The number of anilines is 1. The predicted molar refractivity (Wildman–Crippen MR) is 133 cm³/mol. The van der Waals surface area contributed by atoms with Crippen molar-refractivity contribution in [3.8, 4) is 11.6 Å². The molecule has 0 saturated carbocycles. The predicted octanol–water partition coefficient (Wildman–Crippen LogP) is 4.28. The van der Waals surface area contributed by atoms with Crippen LogP contribution in [0.1, 0.15) is 24.7 Å². The summed E-state index contributed by atoms with van der Waals surface area (Å²) in [6, 6.07) is 8.16. The van der Waals surface area contributed by atoms with Crippen molar-refractivity contribution in [2.24, 2.45) is 5.10 Å². The summed E-state index contributed by atoms with van der Waals surface area (Å²) in [5.41, 5.74) is 0.0128. The molecule has 0 saturated heterocycles. The van der Waals surface area contributed by atoms with E-state index < -0.39 is 16.6 Å². The Bertz CT molecular complexity index is 1220. The Kier molecular flexibility index (Phi) is 9.17. The number of benzene rings is 1. The molecule has 0 unspecified atom stereocenters. The smallest absolute Gasteiger partial charge is 0.373 e. The van der Waals surface area contributed by atoms with Gasteiger partial charge in [0.05, 0.1) is 37.0 Å². The van der Waals surface area contributed by atoms with E-state index in [-0.39, 0.29) is 43.6 Å². The van der Waals surface area contributed by atoms with Crippen LogP contribution in [0.2, 0.25) is 5.02 Å². The van der Waals surface area contributed by atoms with Crippen LogP contribution >= 0.6 is 11.6 Å². The summed E-state index contributed by atoms with van der Waals surface area (Å²) in [6.45, 7) is 2.12. The van der Waals surface area contributed by atoms with Crippen LogP contribution in [0.3, 0.4) is 0 Å². The van der Waals surface area contributed by atoms with Gasteiger partial charge in [0.1, 0.15) is 17.8 Å². The molecule has 0 aliphatic rings. The van der Waals surface area contributed by atoms with E-state index in [1.165, 1.54) is 12.5 Å². The van der Waals surface area contributed by atoms with Gasteiger partial charge in [0.15, 0.2) is 0 Å². The van der Waals surface area contributed by atoms with Crippen LogP contribution in [0, 0.1) is 10.1 Å². The first kappa shape index (κ1) is 26.4. The van der Waals surface area contributed by atoms with Crippen molar-refractivity contribution in [3.63, 3.8) is 0 Å². The monoisotopic (exact) mass is 516 g/mol. The summed E-state index contributed by atoms with van der Waals surface area (Å²) in [5, 5.41) is 18.4. The number of nitro groups is 1. The molecular weight excluding hydrogens is 492 g/mol. The van der Waals surface area contributed by atoms with Crippen molar-refractivity contribution < 1.29 is 23.6 Å². The fourth-order valence-corrected chi connectivity index (χ4v) is 3.31. The number of furan rings is 1. The summed E-state index contributed by atoms with van der Waals surface area (Å²) in [4.78, 5) is 33.2. The SMILES string of the molecule is CCOC(=O)CCN(Cc1ccco1)c1ncnc(Oc2ccc(Cl)cc2/C=N/N(C)C)c1[N+](=O)[O-]. The van der Waals surface area contributed by atoms with E-state index >= 15 is 0 Å². The molecule has 13 heteroatoms. The third-order valence-electron chi connectivity index (χ3n) is 4.68. The van der Waals surface area contributed by atoms with Gasteiger partial charge in [-0.2, -0.15) is 10.1 Å². The number of nitrogens with zero attached hydrogens (tertiary/aromatic N) is 6. The number of halogens is 1. The lowest BCUT2D eigenvalue weighted by Crippen LogP contribution is -2.28.